The van der Waals surface area contributed by atoms with Gasteiger partial charge in [-0.3, -0.25) is 4.79 Å². The van der Waals surface area contributed by atoms with Gasteiger partial charge in [-0.25, -0.2) is 0 Å². The molecule has 0 saturated heterocycles. The summed E-state index contributed by atoms with van der Waals surface area (Å²) in [6.07, 6.45) is 14.5. The molecule has 1 saturated carbocycles. The second-order valence-electron chi connectivity index (χ2n) is 5.90. The number of rotatable bonds is 10. The van der Waals surface area contributed by atoms with Crippen LogP contribution in [0.5, 0.6) is 0 Å². The van der Waals surface area contributed by atoms with Gasteiger partial charge in [0.1, 0.15) is 0 Å². The summed E-state index contributed by atoms with van der Waals surface area (Å²) in [6, 6.07) is 0. The van der Waals surface area contributed by atoms with E-state index in [1.807, 2.05) is 0 Å². The molecule has 0 heterocycles. The Bertz CT molecular complexity index is 339. The van der Waals surface area contributed by atoms with Gasteiger partial charge in [-0.05, 0) is 45.4 Å². The van der Waals surface area contributed by atoms with E-state index in [2.05, 4.69) is 43.9 Å². The third-order valence-corrected chi connectivity index (χ3v) is 3.69. The molecule has 20 heavy (non-hydrogen) atoms. The molecule has 0 aromatic heterocycles. The maximum Gasteiger partial charge on any atom is 0.225 e. The second kappa shape index (κ2) is 9.79. The van der Waals surface area contributed by atoms with Crippen LogP contribution in [-0.2, 0) is 4.79 Å². The molecule has 0 bridgehead atoms. The predicted octanol–water partition coefficient (Wildman–Crippen LogP) is 4.72. The zero-order valence-electron chi connectivity index (χ0n) is 13.5. The van der Waals surface area contributed by atoms with E-state index in [0.29, 0.717) is 11.8 Å². The van der Waals surface area contributed by atoms with Gasteiger partial charge < -0.3 is 4.90 Å². The van der Waals surface area contributed by atoms with Crippen LogP contribution in [-0.4, -0.2) is 23.9 Å². The fourth-order valence-corrected chi connectivity index (χ4v) is 2.28. The van der Waals surface area contributed by atoms with Gasteiger partial charge in [-0.2, -0.15) is 0 Å². The molecule has 0 atom stereocenters. The normalized spacial score (nSPS) is 15.8. The van der Waals surface area contributed by atoms with Crippen molar-refractivity contribution in [2.75, 3.05) is 13.1 Å². The van der Waals surface area contributed by atoms with Crippen molar-refractivity contribution >= 4 is 5.91 Å². The molecule has 1 aliphatic carbocycles. The van der Waals surface area contributed by atoms with E-state index in [1.54, 1.807) is 0 Å². The van der Waals surface area contributed by atoms with E-state index in [-0.39, 0.29) is 0 Å². The van der Waals surface area contributed by atoms with Gasteiger partial charge in [-0.15, -0.1) is 0 Å². The van der Waals surface area contributed by atoms with Gasteiger partial charge in [0, 0.05) is 19.0 Å². The van der Waals surface area contributed by atoms with Crippen LogP contribution in [0.3, 0.4) is 0 Å². The van der Waals surface area contributed by atoms with E-state index in [9.17, 15) is 4.79 Å². The molecule has 0 radical (unpaired) electrons. The quantitative estimate of drug-likeness (QED) is 0.418. The molecule has 114 valence electrons. The molecule has 0 aromatic carbocycles. The van der Waals surface area contributed by atoms with Crippen LogP contribution in [0.15, 0.2) is 23.8 Å². The molecule has 0 N–H and O–H groups in total. The summed E-state index contributed by atoms with van der Waals surface area (Å²) in [7, 11) is 0. The highest BCUT2D eigenvalue weighted by molar-refractivity contribution is 5.81. The van der Waals surface area contributed by atoms with Gasteiger partial charge in [0.25, 0.3) is 0 Å². The van der Waals surface area contributed by atoms with Crippen molar-refractivity contribution in [2.24, 2.45) is 5.92 Å². The fraction of sp³-hybridized carbons (Fsp3) is 0.722. The summed E-state index contributed by atoms with van der Waals surface area (Å²) < 4.78 is 0. The summed E-state index contributed by atoms with van der Waals surface area (Å²) >= 11 is 0. The average Bonchev–Trinajstić information content (AvgIpc) is 3.27. The molecule has 1 rings (SSSR count). The lowest BCUT2D eigenvalue weighted by atomic mass is 10.1. The Morgan fingerprint density at radius 1 is 1.20 bits per heavy atom. The highest BCUT2D eigenvalue weighted by Gasteiger charge is 2.33. The van der Waals surface area contributed by atoms with Gasteiger partial charge in [0.15, 0.2) is 0 Å². The number of hydrogen-bond acceptors (Lipinski definition) is 1. The number of amides is 1. The van der Waals surface area contributed by atoms with E-state index in [0.717, 1.165) is 58.0 Å². The summed E-state index contributed by atoms with van der Waals surface area (Å²) in [6.45, 7) is 8.25. The van der Waals surface area contributed by atoms with Gasteiger partial charge >= 0.3 is 0 Å². The first-order chi connectivity index (χ1) is 9.69. The Kier molecular flexibility index (Phi) is 8.32. The smallest absolute Gasteiger partial charge is 0.225 e. The Morgan fingerprint density at radius 3 is 2.55 bits per heavy atom. The minimum Gasteiger partial charge on any atom is -0.338 e. The van der Waals surface area contributed by atoms with Crippen LogP contribution in [0, 0.1) is 5.92 Å². The predicted molar refractivity (Wildman–Crippen MR) is 86.6 cm³/mol. The van der Waals surface area contributed by atoms with Crippen molar-refractivity contribution in [2.45, 2.75) is 65.7 Å². The molecule has 1 fully saturated rings. The molecule has 1 amide bonds. The zero-order valence-corrected chi connectivity index (χ0v) is 13.5. The molecule has 0 aromatic rings. The van der Waals surface area contributed by atoms with E-state index in [1.165, 1.54) is 5.57 Å². The van der Waals surface area contributed by atoms with E-state index < -0.39 is 0 Å². The van der Waals surface area contributed by atoms with E-state index in [4.69, 9.17) is 0 Å². The molecule has 0 unspecified atom stereocenters. The first-order valence-electron chi connectivity index (χ1n) is 8.28. The van der Waals surface area contributed by atoms with Crippen molar-refractivity contribution in [3.05, 3.63) is 23.8 Å². The molecule has 2 heteroatoms. The van der Waals surface area contributed by atoms with Crippen LogP contribution in [0.25, 0.3) is 0 Å². The van der Waals surface area contributed by atoms with Crippen LogP contribution in [0.2, 0.25) is 0 Å². The van der Waals surface area contributed by atoms with Crippen molar-refractivity contribution in [3.8, 4) is 0 Å². The standard InChI is InChI=1S/C18H31NO/c1-4-6-8-9-10-11-16(3)15-19(14-7-5-2)18(20)17-12-13-17/h6,8,11,17H,4-5,7,9-10,12-15H2,1-3H3/b8-6-,16-11+. The number of unbranched alkanes of at least 4 members (excludes halogenated alkanes) is 2. The molecular weight excluding hydrogens is 246 g/mol. The second-order valence-corrected chi connectivity index (χ2v) is 5.90. The van der Waals surface area contributed by atoms with Crippen molar-refractivity contribution < 1.29 is 4.79 Å². The first kappa shape index (κ1) is 17.0. The molecule has 2 nitrogen and oxygen atoms in total. The third-order valence-electron chi connectivity index (χ3n) is 3.69. The molecule has 0 aliphatic heterocycles. The number of carbonyl (C=O) groups is 1. The Hall–Kier alpha value is -1.05. The van der Waals surface area contributed by atoms with Crippen LogP contribution in [0.4, 0.5) is 0 Å². The summed E-state index contributed by atoms with van der Waals surface area (Å²) in [4.78, 5) is 14.3. The summed E-state index contributed by atoms with van der Waals surface area (Å²) in [5.41, 5.74) is 1.33. The average molecular weight is 277 g/mol. The van der Waals surface area contributed by atoms with Crippen molar-refractivity contribution in [3.63, 3.8) is 0 Å². The van der Waals surface area contributed by atoms with Crippen molar-refractivity contribution in [1.29, 1.82) is 0 Å². The van der Waals surface area contributed by atoms with Crippen molar-refractivity contribution in [1.82, 2.24) is 4.90 Å². The van der Waals surface area contributed by atoms with Crippen LogP contribution in [0.1, 0.15) is 65.7 Å². The molecule has 1 aliphatic rings. The summed E-state index contributed by atoms with van der Waals surface area (Å²) in [5, 5.41) is 0. The van der Waals surface area contributed by atoms with E-state index >= 15 is 0 Å². The largest absolute Gasteiger partial charge is 0.338 e. The lowest BCUT2D eigenvalue weighted by molar-refractivity contribution is -0.132. The number of hydrogen-bond donors (Lipinski definition) is 0. The highest BCUT2D eigenvalue weighted by Crippen LogP contribution is 2.31. The van der Waals surface area contributed by atoms with Gasteiger partial charge in [0.05, 0.1) is 0 Å². The molecular formula is C18H31NO. The maximum atomic E-state index is 12.2. The van der Waals surface area contributed by atoms with Gasteiger partial charge in [-0.1, -0.05) is 44.1 Å². The number of nitrogens with zero attached hydrogens (tertiary/aromatic N) is 1. The Balaban J connectivity index is 2.39. The highest BCUT2D eigenvalue weighted by atomic mass is 16.2. The first-order valence-corrected chi connectivity index (χ1v) is 8.28. The lowest BCUT2D eigenvalue weighted by Gasteiger charge is -2.23. The minimum absolute atomic E-state index is 0.340. The van der Waals surface area contributed by atoms with Crippen LogP contribution < -0.4 is 0 Å². The Labute approximate surface area is 124 Å². The maximum absolute atomic E-state index is 12.2. The Morgan fingerprint density at radius 2 is 1.95 bits per heavy atom. The third kappa shape index (κ3) is 6.93. The van der Waals surface area contributed by atoms with Gasteiger partial charge in [0.2, 0.25) is 5.91 Å². The fourth-order valence-electron chi connectivity index (χ4n) is 2.28. The monoisotopic (exact) mass is 277 g/mol. The zero-order chi connectivity index (χ0) is 14.8. The molecule has 0 spiro atoms. The van der Waals surface area contributed by atoms with Crippen LogP contribution >= 0.6 is 0 Å². The lowest BCUT2D eigenvalue weighted by Crippen LogP contribution is -2.34. The topological polar surface area (TPSA) is 20.3 Å². The number of carbonyl (C=O) groups excluding carboxylic acids is 1. The summed E-state index contributed by atoms with van der Waals surface area (Å²) in [5.74, 6) is 0.726. The number of allylic oxidation sites excluding steroid dienone is 3. The SMILES string of the molecule is CC/C=C\CC/C=C(\C)CN(CCCC)C(=O)C1CC1. The minimum atomic E-state index is 0.340.